The van der Waals surface area contributed by atoms with E-state index in [-0.39, 0.29) is 23.5 Å². The Kier molecular flexibility index (Phi) is 7.66. The van der Waals surface area contributed by atoms with Crippen molar-refractivity contribution in [3.8, 4) is 22.8 Å². The van der Waals surface area contributed by atoms with Gasteiger partial charge in [-0.05, 0) is 38.9 Å². The summed E-state index contributed by atoms with van der Waals surface area (Å²) < 4.78 is 45.7. The van der Waals surface area contributed by atoms with Crippen LogP contribution in [0.3, 0.4) is 0 Å². The molecule has 3 heterocycles. The fraction of sp³-hybridized carbons (Fsp3) is 0.379. The summed E-state index contributed by atoms with van der Waals surface area (Å²) in [5.41, 5.74) is 1.74. The first-order valence-electron chi connectivity index (χ1n) is 13.4. The van der Waals surface area contributed by atoms with Crippen LogP contribution in [-0.4, -0.2) is 54.7 Å². The van der Waals surface area contributed by atoms with Crippen LogP contribution in [0, 0.1) is 18.6 Å². The summed E-state index contributed by atoms with van der Waals surface area (Å²) in [7, 11) is -1.28. The standard InChI is InChI=1S/C29H34F2N6O3Si/c1-18-34-24-12-21(30)28(26(31)27(24)37(18)17-39-9-10-41(4,5)6)40-20-7-8-22-23(11-20)35-25(14-32-22)19-13-33-36(15-19)16-29(2,3)38/h7-8,11-15,38H,9-10,16-17H2,1-6H3. The number of benzene rings is 2. The number of fused-ring (bicyclic) bond motifs is 2. The number of imidazole rings is 1. The van der Waals surface area contributed by atoms with Crippen LogP contribution in [0.25, 0.3) is 33.3 Å². The van der Waals surface area contributed by atoms with E-state index in [0.717, 1.165) is 6.04 Å². The molecule has 0 radical (unpaired) electrons. The van der Waals surface area contributed by atoms with Gasteiger partial charge in [-0.15, -0.1) is 0 Å². The van der Waals surface area contributed by atoms with Gasteiger partial charge in [0.25, 0.3) is 0 Å². The summed E-state index contributed by atoms with van der Waals surface area (Å²) in [4.78, 5) is 13.4. The van der Waals surface area contributed by atoms with E-state index in [0.29, 0.717) is 41.3 Å². The highest BCUT2D eigenvalue weighted by atomic mass is 28.3. The van der Waals surface area contributed by atoms with E-state index in [4.69, 9.17) is 9.47 Å². The lowest BCUT2D eigenvalue weighted by Gasteiger charge is -2.16. The molecule has 0 aliphatic carbocycles. The molecule has 0 saturated carbocycles. The van der Waals surface area contributed by atoms with Gasteiger partial charge >= 0.3 is 0 Å². The van der Waals surface area contributed by atoms with Gasteiger partial charge in [0, 0.05) is 38.6 Å². The number of nitrogens with zero attached hydrogens (tertiary/aromatic N) is 6. The van der Waals surface area contributed by atoms with Crippen molar-refractivity contribution in [2.75, 3.05) is 6.61 Å². The van der Waals surface area contributed by atoms with Crippen LogP contribution in [0.15, 0.2) is 42.9 Å². The summed E-state index contributed by atoms with van der Waals surface area (Å²) in [6.07, 6.45) is 5.03. The molecule has 0 bridgehead atoms. The van der Waals surface area contributed by atoms with E-state index in [1.54, 1.807) is 66.8 Å². The first-order valence-corrected chi connectivity index (χ1v) is 17.1. The molecule has 3 aromatic heterocycles. The fourth-order valence-electron chi connectivity index (χ4n) is 4.39. The predicted octanol–water partition coefficient (Wildman–Crippen LogP) is 6.31. The molecule has 0 saturated heterocycles. The molecule has 2 aromatic carbocycles. The maximum atomic E-state index is 15.8. The highest BCUT2D eigenvalue weighted by molar-refractivity contribution is 6.76. The Morgan fingerprint density at radius 2 is 1.80 bits per heavy atom. The van der Waals surface area contributed by atoms with Crippen molar-refractivity contribution in [3.63, 3.8) is 0 Å². The maximum absolute atomic E-state index is 15.8. The zero-order valence-corrected chi connectivity index (χ0v) is 25.1. The van der Waals surface area contributed by atoms with Gasteiger partial charge in [-0.25, -0.2) is 18.7 Å². The fourth-order valence-corrected chi connectivity index (χ4v) is 5.15. The topological polar surface area (TPSA) is 100 Å². The molecule has 0 unspecified atom stereocenters. The second-order valence-corrected chi connectivity index (χ2v) is 17.7. The van der Waals surface area contributed by atoms with E-state index >= 15 is 8.78 Å². The number of aromatic nitrogens is 6. The molecule has 0 spiro atoms. The second kappa shape index (κ2) is 10.9. The van der Waals surface area contributed by atoms with Crippen LogP contribution in [0.1, 0.15) is 19.7 Å². The molecule has 41 heavy (non-hydrogen) atoms. The van der Waals surface area contributed by atoms with E-state index in [1.165, 1.54) is 6.07 Å². The molecule has 0 fully saturated rings. The largest absolute Gasteiger partial charge is 0.451 e. The third-order valence-corrected chi connectivity index (χ3v) is 8.21. The van der Waals surface area contributed by atoms with E-state index in [1.807, 2.05) is 0 Å². The van der Waals surface area contributed by atoms with Gasteiger partial charge in [0.2, 0.25) is 5.75 Å². The molecule has 1 N–H and O–H groups in total. The third kappa shape index (κ3) is 6.61. The highest BCUT2D eigenvalue weighted by Gasteiger charge is 2.22. The van der Waals surface area contributed by atoms with Gasteiger partial charge < -0.3 is 19.1 Å². The summed E-state index contributed by atoms with van der Waals surface area (Å²) in [5.74, 6) is -1.53. The van der Waals surface area contributed by atoms with Gasteiger partial charge in [-0.1, -0.05) is 19.6 Å². The minimum atomic E-state index is -1.28. The lowest BCUT2D eigenvalue weighted by atomic mass is 10.1. The number of rotatable bonds is 10. The molecular weight excluding hydrogens is 546 g/mol. The number of aliphatic hydroxyl groups is 1. The molecule has 0 amide bonds. The Labute approximate surface area is 237 Å². The highest BCUT2D eigenvalue weighted by Crippen LogP contribution is 2.34. The van der Waals surface area contributed by atoms with Crippen molar-refractivity contribution < 1.29 is 23.4 Å². The average molecular weight is 581 g/mol. The molecule has 0 aliphatic heterocycles. The maximum Gasteiger partial charge on any atom is 0.200 e. The zero-order valence-electron chi connectivity index (χ0n) is 24.1. The van der Waals surface area contributed by atoms with Gasteiger partial charge in [-0.2, -0.15) is 5.10 Å². The van der Waals surface area contributed by atoms with Gasteiger partial charge in [0.05, 0.1) is 46.8 Å². The SMILES string of the molecule is Cc1nc2cc(F)c(Oc3ccc4ncc(-c5cnn(CC(C)(C)O)c5)nc4c3)c(F)c2n1COCC[Si](C)(C)C. The summed E-state index contributed by atoms with van der Waals surface area (Å²) >= 11 is 0. The molecule has 9 nitrogen and oxygen atoms in total. The van der Waals surface area contributed by atoms with Gasteiger partial charge in [0.1, 0.15) is 23.8 Å². The minimum absolute atomic E-state index is 0.107. The molecule has 0 aliphatic rings. The van der Waals surface area contributed by atoms with Crippen molar-refractivity contribution in [3.05, 3.63) is 60.3 Å². The van der Waals surface area contributed by atoms with Crippen LogP contribution in [-0.2, 0) is 18.0 Å². The zero-order chi connectivity index (χ0) is 29.5. The molecule has 5 rings (SSSR count). The third-order valence-electron chi connectivity index (χ3n) is 6.50. The van der Waals surface area contributed by atoms with Crippen molar-refractivity contribution in [2.24, 2.45) is 0 Å². The van der Waals surface area contributed by atoms with E-state index in [2.05, 4.69) is 39.7 Å². The Morgan fingerprint density at radius 3 is 2.54 bits per heavy atom. The van der Waals surface area contributed by atoms with Crippen LogP contribution in [0.5, 0.6) is 11.5 Å². The summed E-state index contributed by atoms with van der Waals surface area (Å²) in [6.45, 7) is 12.9. The molecule has 5 aromatic rings. The Morgan fingerprint density at radius 1 is 1.02 bits per heavy atom. The van der Waals surface area contributed by atoms with Crippen LogP contribution < -0.4 is 4.74 Å². The smallest absolute Gasteiger partial charge is 0.200 e. The average Bonchev–Trinajstić information content (AvgIpc) is 3.45. The monoisotopic (exact) mass is 580 g/mol. The van der Waals surface area contributed by atoms with Crippen LogP contribution in [0.4, 0.5) is 8.78 Å². The Balaban J connectivity index is 1.42. The van der Waals surface area contributed by atoms with Crippen LogP contribution >= 0.6 is 0 Å². The van der Waals surface area contributed by atoms with Crippen LogP contribution in [0.2, 0.25) is 25.7 Å². The van der Waals surface area contributed by atoms with Crippen molar-refractivity contribution in [1.29, 1.82) is 0 Å². The number of ether oxygens (including phenoxy) is 2. The van der Waals surface area contributed by atoms with Crippen molar-refractivity contribution in [1.82, 2.24) is 29.3 Å². The molecular formula is C29H34F2N6O3Si. The molecule has 216 valence electrons. The quantitative estimate of drug-likeness (QED) is 0.153. The number of aryl methyl sites for hydroxylation is 1. The lowest BCUT2D eigenvalue weighted by Crippen LogP contribution is -2.26. The number of hydrogen-bond acceptors (Lipinski definition) is 7. The van der Waals surface area contributed by atoms with Gasteiger partial charge in [-0.3, -0.25) is 9.67 Å². The number of hydrogen-bond donors (Lipinski definition) is 1. The summed E-state index contributed by atoms with van der Waals surface area (Å²) in [5, 5.41) is 14.4. The van der Waals surface area contributed by atoms with Gasteiger partial charge in [0.15, 0.2) is 11.6 Å². The Bertz CT molecular complexity index is 1720. The first kappa shape index (κ1) is 28.8. The molecule has 12 heteroatoms. The minimum Gasteiger partial charge on any atom is -0.451 e. The second-order valence-electron chi connectivity index (χ2n) is 12.1. The predicted molar refractivity (Wildman–Crippen MR) is 156 cm³/mol. The number of halogens is 2. The normalized spacial score (nSPS) is 12.5. The van der Waals surface area contributed by atoms with E-state index < -0.39 is 31.1 Å². The van der Waals surface area contributed by atoms with Crippen molar-refractivity contribution in [2.45, 2.75) is 65.3 Å². The summed E-state index contributed by atoms with van der Waals surface area (Å²) in [6, 6.07) is 6.99. The Hall–Kier alpha value is -3.74. The van der Waals surface area contributed by atoms with E-state index in [9.17, 15) is 5.11 Å². The first-order chi connectivity index (χ1) is 19.3. The molecule has 0 atom stereocenters. The van der Waals surface area contributed by atoms with Crippen molar-refractivity contribution >= 4 is 30.1 Å². The lowest BCUT2D eigenvalue weighted by molar-refractivity contribution is 0.0577.